The van der Waals surface area contributed by atoms with Crippen LogP contribution in [-0.2, 0) is 14.3 Å². The Labute approximate surface area is 65.1 Å². The summed E-state index contributed by atoms with van der Waals surface area (Å²) in [5, 5.41) is 0.969. The average molecular weight is 160 g/mol. The zero-order chi connectivity index (χ0) is 8.85. The monoisotopic (exact) mass is 160 g/mol. The summed E-state index contributed by atoms with van der Waals surface area (Å²) in [7, 11) is 1.29. The second-order valence-electron chi connectivity index (χ2n) is 2.04. The molecule has 1 amide bonds. The van der Waals surface area contributed by atoms with E-state index >= 15 is 0 Å². The first-order chi connectivity index (χ1) is 5.07. The highest BCUT2D eigenvalue weighted by Gasteiger charge is 2.05. The van der Waals surface area contributed by atoms with Gasteiger partial charge in [-0.2, -0.15) is 0 Å². The maximum absolute atomic E-state index is 10.5. The van der Waals surface area contributed by atoms with Crippen molar-refractivity contribution in [2.45, 2.75) is 13.3 Å². The third-order valence-electron chi connectivity index (χ3n) is 1.19. The first-order valence-electron chi connectivity index (χ1n) is 3.17. The number of esters is 1. The molecule has 0 saturated heterocycles. The average Bonchev–Trinajstić information content (AvgIpc) is 1.99. The molecule has 0 bridgehead atoms. The van der Waals surface area contributed by atoms with Crippen molar-refractivity contribution in [2.24, 2.45) is 5.84 Å². The lowest BCUT2D eigenvalue weighted by atomic mass is 10.4. The Hall–Kier alpha value is -1.10. The largest absolute Gasteiger partial charge is 0.469 e. The van der Waals surface area contributed by atoms with Gasteiger partial charge in [0.25, 0.3) is 0 Å². The van der Waals surface area contributed by atoms with E-state index in [1.165, 1.54) is 14.0 Å². The SMILES string of the molecule is COC(=O)CCN(N)C(C)=O. The van der Waals surface area contributed by atoms with Crippen molar-refractivity contribution < 1.29 is 14.3 Å². The molecule has 0 aliphatic carbocycles. The van der Waals surface area contributed by atoms with Crippen LogP contribution < -0.4 is 5.84 Å². The molecule has 0 unspecified atom stereocenters. The maximum atomic E-state index is 10.5. The van der Waals surface area contributed by atoms with Gasteiger partial charge in [-0.25, -0.2) is 5.84 Å². The number of methoxy groups -OCH3 is 1. The minimum Gasteiger partial charge on any atom is -0.469 e. The van der Waals surface area contributed by atoms with Crippen LogP contribution in [0.5, 0.6) is 0 Å². The number of carbonyl (C=O) groups is 2. The van der Waals surface area contributed by atoms with Gasteiger partial charge in [0.05, 0.1) is 13.5 Å². The van der Waals surface area contributed by atoms with Gasteiger partial charge in [0.15, 0.2) is 0 Å². The van der Waals surface area contributed by atoms with Crippen LogP contribution in [-0.4, -0.2) is 30.5 Å². The second-order valence-corrected chi connectivity index (χ2v) is 2.04. The fourth-order valence-corrected chi connectivity index (χ4v) is 0.471. The Morgan fingerprint density at radius 2 is 2.09 bits per heavy atom. The van der Waals surface area contributed by atoms with Crippen molar-refractivity contribution in [3.05, 3.63) is 0 Å². The quantitative estimate of drug-likeness (QED) is 0.256. The van der Waals surface area contributed by atoms with Crippen LogP contribution in [0.15, 0.2) is 0 Å². The molecular weight excluding hydrogens is 148 g/mol. The number of hydrazine groups is 1. The Kier molecular flexibility index (Phi) is 4.21. The van der Waals surface area contributed by atoms with Crippen molar-refractivity contribution in [3.63, 3.8) is 0 Å². The van der Waals surface area contributed by atoms with Crippen molar-refractivity contribution in [1.82, 2.24) is 5.01 Å². The van der Waals surface area contributed by atoms with Crippen LogP contribution >= 0.6 is 0 Å². The van der Waals surface area contributed by atoms with Gasteiger partial charge >= 0.3 is 5.97 Å². The van der Waals surface area contributed by atoms with Crippen LogP contribution in [0.2, 0.25) is 0 Å². The van der Waals surface area contributed by atoms with E-state index in [9.17, 15) is 9.59 Å². The second kappa shape index (κ2) is 4.68. The predicted octanol–water partition coefficient (Wildman–Crippen LogP) is -0.728. The Bertz CT molecular complexity index is 158. The van der Waals surface area contributed by atoms with Gasteiger partial charge in [0.2, 0.25) is 5.91 Å². The number of nitrogens with zero attached hydrogens (tertiary/aromatic N) is 1. The van der Waals surface area contributed by atoms with E-state index in [0.717, 1.165) is 5.01 Å². The summed E-state index contributed by atoms with van der Waals surface area (Å²) in [6.07, 6.45) is 0.132. The van der Waals surface area contributed by atoms with Crippen LogP contribution in [0.1, 0.15) is 13.3 Å². The van der Waals surface area contributed by atoms with Crippen LogP contribution in [0.25, 0.3) is 0 Å². The van der Waals surface area contributed by atoms with E-state index in [1.54, 1.807) is 0 Å². The van der Waals surface area contributed by atoms with Gasteiger partial charge < -0.3 is 4.74 Å². The van der Waals surface area contributed by atoms with Crippen molar-refractivity contribution in [1.29, 1.82) is 0 Å². The number of carbonyl (C=O) groups excluding carboxylic acids is 2. The van der Waals surface area contributed by atoms with E-state index in [-0.39, 0.29) is 24.8 Å². The molecular formula is C6H12N2O3. The normalized spacial score (nSPS) is 9.00. The molecule has 5 nitrogen and oxygen atoms in total. The molecule has 0 aliphatic rings. The molecule has 0 heterocycles. The molecule has 0 aromatic heterocycles. The van der Waals surface area contributed by atoms with E-state index in [0.29, 0.717) is 0 Å². The number of rotatable bonds is 3. The summed E-state index contributed by atoms with van der Waals surface area (Å²) in [4.78, 5) is 21.0. The molecule has 0 fully saturated rings. The highest BCUT2D eigenvalue weighted by atomic mass is 16.5. The van der Waals surface area contributed by atoms with Gasteiger partial charge in [-0.05, 0) is 0 Å². The summed E-state index contributed by atoms with van der Waals surface area (Å²) in [5.74, 6) is 4.55. The van der Waals surface area contributed by atoms with E-state index in [2.05, 4.69) is 4.74 Å². The number of hydrogen-bond acceptors (Lipinski definition) is 4. The molecule has 64 valence electrons. The molecule has 11 heavy (non-hydrogen) atoms. The summed E-state index contributed by atoms with van der Waals surface area (Å²) in [6, 6.07) is 0. The van der Waals surface area contributed by atoms with Gasteiger partial charge in [0, 0.05) is 13.5 Å². The minimum atomic E-state index is -0.373. The summed E-state index contributed by atoms with van der Waals surface area (Å²) in [5.41, 5.74) is 0. The Morgan fingerprint density at radius 3 is 2.45 bits per heavy atom. The Balaban J connectivity index is 3.54. The molecule has 0 atom stereocenters. The predicted molar refractivity (Wildman–Crippen MR) is 38.2 cm³/mol. The highest BCUT2D eigenvalue weighted by molar-refractivity contribution is 5.74. The standard InChI is InChI=1S/C6H12N2O3/c1-5(9)8(7)4-3-6(10)11-2/h3-4,7H2,1-2H3. The smallest absolute Gasteiger partial charge is 0.307 e. The third-order valence-corrected chi connectivity index (χ3v) is 1.19. The summed E-state index contributed by atoms with van der Waals surface area (Å²) < 4.78 is 4.35. The topological polar surface area (TPSA) is 72.6 Å². The van der Waals surface area contributed by atoms with E-state index < -0.39 is 0 Å². The number of nitrogens with two attached hydrogens (primary N) is 1. The molecule has 2 N–H and O–H groups in total. The highest BCUT2D eigenvalue weighted by Crippen LogP contribution is 1.87. The van der Waals surface area contributed by atoms with Crippen LogP contribution in [0, 0.1) is 0 Å². The Morgan fingerprint density at radius 1 is 1.55 bits per heavy atom. The van der Waals surface area contributed by atoms with Gasteiger partial charge in [-0.1, -0.05) is 0 Å². The molecule has 5 heteroatoms. The third kappa shape index (κ3) is 4.32. The molecule has 0 spiro atoms. The lowest BCUT2D eigenvalue weighted by Gasteiger charge is -2.12. The molecule has 0 rings (SSSR count). The number of ether oxygens (including phenoxy) is 1. The van der Waals surface area contributed by atoms with Gasteiger partial charge in [-0.3, -0.25) is 14.6 Å². The lowest BCUT2D eigenvalue weighted by molar-refractivity contribution is -0.141. The van der Waals surface area contributed by atoms with Crippen LogP contribution in [0.4, 0.5) is 0 Å². The van der Waals surface area contributed by atoms with E-state index in [1.807, 2.05) is 0 Å². The van der Waals surface area contributed by atoms with Crippen molar-refractivity contribution in [3.8, 4) is 0 Å². The van der Waals surface area contributed by atoms with Crippen LogP contribution in [0.3, 0.4) is 0 Å². The molecule has 0 aliphatic heterocycles. The summed E-state index contributed by atoms with van der Waals surface area (Å²) in [6.45, 7) is 1.53. The fourth-order valence-electron chi connectivity index (χ4n) is 0.471. The zero-order valence-electron chi connectivity index (χ0n) is 6.66. The molecule has 0 aromatic rings. The fraction of sp³-hybridized carbons (Fsp3) is 0.667. The number of hydrogen-bond donors (Lipinski definition) is 1. The van der Waals surface area contributed by atoms with Gasteiger partial charge in [0.1, 0.15) is 0 Å². The zero-order valence-corrected chi connectivity index (χ0v) is 6.66. The first kappa shape index (κ1) is 9.90. The lowest BCUT2D eigenvalue weighted by Crippen LogP contribution is -2.37. The first-order valence-corrected chi connectivity index (χ1v) is 3.17. The van der Waals surface area contributed by atoms with Crippen molar-refractivity contribution in [2.75, 3.05) is 13.7 Å². The molecule has 0 saturated carbocycles. The van der Waals surface area contributed by atoms with Crippen molar-refractivity contribution >= 4 is 11.9 Å². The number of amides is 1. The van der Waals surface area contributed by atoms with Gasteiger partial charge in [-0.15, -0.1) is 0 Å². The van der Waals surface area contributed by atoms with E-state index in [4.69, 9.17) is 5.84 Å². The molecule has 0 aromatic carbocycles. The maximum Gasteiger partial charge on any atom is 0.307 e. The molecule has 0 radical (unpaired) electrons. The summed E-state index contributed by atoms with van der Waals surface area (Å²) >= 11 is 0. The minimum absolute atomic E-state index is 0.132.